The van der Waals surface area contributed by atoms with Crippen molar-refractivity contribution in [2.45, 2.75) is 39.3 Å². The van der Waals surface area contributed by atoms with Gasteiger partial charge in [-0.15, -0.1) is 0 Å². The van der Waals surface area contributed by atoms with E-state index in [0.29, 0.717) is 13.1 Å². The zero-order valence-electron chi connectivity index (χ0n) is 13.1. The Morgan fingerprint density at radius 2 is 2.05 bits per heavy atom. The third-order valence-electron chi connectivity index (χ3n) is 4.14. The van der Waals surface area contributed by atoms with E-state index in [1.807, 2.05) is 54.3 Å². The van der Waals surface area contributed by atoms with E-state index in [0.717, 1.165) is 17.7 Å². The lowest BCUT2D eigenvalue weighted by Crippen LogP contribution is -2.42. The van der Waals surface area contributed by atoms with Gasteiger partial charge in [0.2, 0.25) is 0 Å². The lowest BCUT2D eigenvalue weighted by atomic mass is 9.88. The number of benzene rings is 1. The van der Waals surface area contributed by atoms with Crippen molar-refractivity contribution in [2.75, 3.05) is 6.54 Å². The van der Waals surface area contributed by atoms with Gasteiger partial charge in [-0.3, -0.25) is 0 Å². The van der Waals surface area contributed by atoms with Crippen molar-refractivity contribution in [1.29, 1.82) is 0 Å². The maximum absolute atomic E-state index is 10.4. The number of rotatable bonds is 7. The number of hydrogen-bond donors (Lipinski definition) is 2. The van der Waals surface area contributed by atoms with Gasteiger partial charge in [-0.1, -0.05) is 38.5 Å². The van der Waals surface area contributed by atoms with Crippen LogP contribution >= 0.6 is 0 Å². The average molecular weight is 287 g/mol. The maximum atomic E-state index is 10.4. The van der Waals surface area contributed by atoms with E-state index in [4.69, 9.17) is 0 Å². The van der Waals surface area contributed by atoms with Crippen LogP contribution in [-0.2, 0) is 6.54 Å². The molecule has 0 aliphatic rings. The molecule has 2 rings (SSSR count). The molecule has 4 heteroatoms. The Bertz CT molecular complexity index is 548. The molecule has 0 spiro atoms. The van der Waals surface area contributed by atoms with Crippen molar-refractivity contribution in [3.63, 3.8) is 0 Å². The Morgan fingerprint density at radius 3 is 2.71 bits per heavy atom. The second-order valence-corrected chi connectivity index (χ2v) is 5.90. The molecule has 0 aliphatic heterocycles. The summed E-state index contributed by atoms with van der Waals surface area (Å²) in [5.74, 6) is 0.275. The number of aromatic nitrogens is 2. The van der Waals surface area contributed by atoms with Crippen LogP contribution in [0.4, 0.5) is 0 Å². The Morgan fingerprint density at radius 1 is 1.33 bits per heavy atom. The van der Waals surface area contributed by atoms with Gasteiger partial charge in [0, 0.05) is 24.8 Å². The van der Waals surface area contributed by atoms with Crippen LogP contribution in [0.2, 0.25) is 0 Å². The summed E-state index contributed by atoms with van der Waals surface area (Å²) in [5.41, 5.74) is 1.48. The van der Waals surface area contributed by atoms with Crippen LogP contribution in [-0.4, -0.2) is 27.0 Å². The molecule has 1 heterocycles. The van der Waals surface area contributed by atoms with Crippen LogP contribution in [0.3, 0.4) is 0 Å². The Labute approximate surface area is 126 Å². The first-order chi connectivity index (χ1) is 10.0. The molecule has 0 bridgehead atoms. The fraction of sp³-hybridized carbons (Fsp3) is 0.471. The Kier molecular flexibility index (Phi) is 5.15. The largest absolute Gasteiger partial charge is 0.389 e. The number of hydrogen-bond acceptors (Lipinski definition) is 3. The van der Waals surface area contributed by atoms with Gasteiger partial charge in [-0.25, -0.2) is 4.68 Å². The van der Waals surface area contributed by atoms with E-state index < -0.39 is 5.60 Å². The summed E-state index contributed by atoms with van der Waals surface area (Å²) in [6, 6.07) is 10.0. The average Bonchev–Trinajstić information content (AvgIpc) is 2.96. The lowest BCUT2D eigenvalue weighted by Gasteiger charge is -2.29. The Balaban J connectivity index is 1.89. The van der Waals surface area contributed by atoms with Gasteiger partial charge in [0.15, 0.2) is 0 Å². The lowest BCUT2D eigenvalue weighted by molar-refractivity contribution is 0.00535. The first-order valence-electron chi connectivity index (χ1n) is 7.55. The molecule has 1 aromatic carbocycles. The number of aliphatic hydroxyl groups is 1. The van der Waals surface area contributed by atoms with Crippen LogP contribution < -0.4 is 5.32 Å². The third kappa shape index (κ3) is 4.16. The maximum Gasteiger partial charge on any atom is 0.0768 e. The van der Waals surface area contributed by atoms with Crippen molar-refractivity contribution < 1.29 is 5.11 Å². The van der Waals surface area contributed by atoms with Crippen molar-refractivity contribution in [2.24, 2.45) is 5.92 Å². The molecular formula is C17H25N3O. The van der Waals surface area contributed by atoms with Crippen LogP contribution in [0.25, 0.3) is 5.69 Å². The molecular weight excluding hydrogens is 262 g/mol. The van der Waals surface area contributed by atoms with Gasteiger partial charge in [-0.2, -0.15) is 5.10 Å². The molecule has 0 radical (unpaired) electrons. The predicted octanol–water partition coefficient (Wildman–Crippen LogP) is 2.76. The monoisotopic (exact) mass is 287 g/mol. The molecule has 1 aromatic heterocycles. The van der Waals surface area contributed by atoms with Gasteiger partial charge in [0.25, 0.3) is 0 Å². The predicted molar refractivity (Wildman–Crippen MR) is 85.3 cm³/mol. The number of nitrogens with zero attached hydrogens (tertiary/aromatic N) is 2. The van der Waals surface area contributed by atoms with Crippen LogP contribution in [0, 0.1) is 5.92 Å². The summed E-state index contributed by atoms with van der Waals surface area (Å²) < 4.78 is 1.86. The SMILES string of the molecule is CCC(C)C(C)(O)CNCc1cnn(-c2ccccc2)c1. The standard InChI is InChI=1S/C17H25N3O/c1-4-14(2)17(3,21)13-18-10-15-11-19-20(12-15)16-8-6-5-7-9-16/h5-9,11-12,14,18,21H,4,10,13H2,1-3H3. The van der Waals surface area contributed by atoms with Gasteiger partial charge in [0.1, 0.15) is 0 Å². The summed E-state index contributed by atoms with van der Waals surface area (Å²) in [7, 11) is 0. The van der Waals surface area contributed by atoms with Crippen molar-refractivity contribution in [3.8, 4) is 5.69 Å². The molecule has 0 saturated heterocycles. The summed E-state index contributed by atoms with van der Waals surface area (Å²) in [4.78, 5) is 0. The molecule has 0 fully saturated rings. The smallest absolute Gasteiger partial charge is 0.0768 e. The molecule has 2 unspecified atom stereocenters. The molecule has 0 saturated carbocycles. The fourth-order valence-electron chi connectivity index (χ4n) is 2.25. The summed E-state index contributed by atoms with van der Waals surface area (Å²) in [6.07, 6.45) is 4.85. The van der Waals surface area contributed by atoms with Crippen molar-refractivity contribution in [1.82, 2.24) is 15.1 Å². The minimum Gasteiger partial charge on any atom is -0.389 e. The molecule has 4 nitrogen and oxygen atoms in total. The van der Waals surface area contributed by atoms with E-state index >= 15 is 0 Å². The minimum absolute atomic E-state index is 0.275. The normalized spacial score (nSPS) is 15.6. The van der Waals surface area contributed by atoms with Gasteiger partial charge >= 0.3 is 0 Å². The second kappa shape index (κ2) is 6.87. The summed E-state index contributed by atoms with van der Waals surface area (Å²) >= 11 is 0. The highest BCUT2D eigenvalue weighted by atomic mass is 16.3. The molecule has 114 valence electrons. The van der Waals surface area contributed by atoms with Gasteiger partial charge < -0.3 is 10.4 Å². The molecule has 2 atom stereocenters. The van der Waals surface area contributed by atoms with Crippen molar-refractivity contribution in [3.05, 3.63) is 48.3 Å². The van der Waals surface area contributed by atoms with E-state index in [1.54, 1.807) is 0 Å². The van der Waals surface area contributed by atoms with E-state index in [1.165, 1.54) is 0 Å². The van der Waals surface area contributed by atoms with E-state index in [-0.39, 0.29) is 5.92 Å². The topological polar surface area (TPSA) is 50.1 Å². The van der Waals surface area contributed by atoms with Gasteiger partial charge in [-0.05, 0) is 25.0 Å². The van der Waals surface area contributed by atoms with Crippen LogP contribution in [0.15, 0.2) is 42.7 Å². The molecule has 2 aromatic rings. The summed E-state index contributed by atoms with van der Waals surface area (Å²) in [5, 5.41) is 18.0. The highest BCUT2D eigenvalue weighted by molar-refractivity contribution is 5.30. The first-order valence-corrected chi connectivity index (χ1v) is 7.55. The number of nitrogens with one attached hydrogen (secondary N) is 1. The fourth-order valence-corrected chi connectivity index (χ4v) is 2.25. The zero-order chi connectivity index (χ0) is 15.3. The first kappa shape index (κ1) is 15.7. The molecule has 21 heavy (non-hydrogen) atoms. The highest BCUT2D eigenvalue weighted by Crippen LogP contribution is 2.19. The minimum atomic E-state index is -0.676. The number of para-hydroxylation sites is 1. The van der Waals surface area contributed by atoms with Crippen molar-refractivity contribution >= 4 is 0 Å². The highest BCUT2D eigenvalue weighted by Gasteiger charge is 2.26. The van der Waals surface area contributed by atoms with E-state index in [2.05, 4.69) is 24.3 Å². The molecule has 0 aliphatic carbocycles. The molecule has 0 amide bonds. The zero-order valence-corrected chi connectivity index (χ0v) is 13.1. The third-order valence-corrected chi connectivity index (χ3v) is 4.14. The second-order valence-electron chi connectivity index (χ2n) is 5.90. The van der Waals surface area contributed by atoms with Gasteiger partial charge in [0.05, 0.1) is 17.5 Å². The summed E-state index contributed by atoms with van der Waals surface area (Å²) in [6.45, 7) is 7.36. The quantitative estimate of drug-likeness (QED) is 0.823. The van der Waals surface area contributed by atoms with E-state index in [9.17, 15) is 5.11 Å². The molecule has 2 N–H and O–H groups in total. The Hall–Kier alpha value is -1.65. The van der Waals surface area contributed by atoms with Crippen LogP contribution in [0.5, 0.6) is 0 Å². The van der Waals surface area contributed by atoms with Crippen LogP contribution in [0.1, 0.15) is 32.8 Å².